The average molecular weight is 355 g/mol. The number of nitrogens with one attached hydrogen (secondary N) is 2. The van der Waals surface area contributed by atoms with E-state index in [-0.39, 0.29) is 5.82 Å². The monoisotopic (exact) mass is 355 g/mol. The van der Waals surface area contributed by atoms with E-state index in [1.165, 1.54) is 19.6 Å². The van der Waals surface area contributed by atoms with Crippen molar-refractivity contribution in [1.29, 1.82) is 0 Å². The number of fused-ring (bicyclic) bond motifs is 1. The van der Waals surface area contributed by atoms with Gasteiger partial charge in [-0.15, -0.1) is 0 Å². The number of benzene rings is 1. The molecule has 1 atom stereocenters. The Balaban J connectivity index is 1.63. The Morgan fingerprint density at radius 2 is 1.96 bits per heavy atom. The molecule has 0 fully saturated rings. The molecule has 3 rings (SSSR count). The molecular formula is C17H17N5O4. The third kappa shape index (κ3) is 3.83. The zero-order chi connectivity index (χ0) is 18.5. The van der Waals surface area contributed by atoms with Gasteiger partial charge in [-0.05, 0) is 24.6 Å². The third-order valence-electron chi connectivity index (χ3n) is 3.62. The molecule has 2 N–H and O–H groups in total. The molecule has 0 aliphatic carbocycles. The summed E-state index contributed by atoms with van der Waals surface area (Å²) in [7, 11) is 1.59. The molecule has 1 amide bonds. The van der Waals surface area contributed by atoms with Crippen molar-refractivity contribution in [1.82, 2.24) is 19.9 Å². The Morgan fingerprint density at radius 1 is 1.19 bits per heavy atom. The Kier molecular flexibility index (Phi) is 5.18. The maximum Gasteiger partial charge on any atom is 0.338 e. The van der Waals surface area contributed by atoms with Gasteiger partial charge in [-0.2, -0.15) is 0 Å². The fourth-order valence-electron chi connectivity index (χ4n) is 2.26. The predicted molar refractivity (Wildman–Crippen MR) is 92.3 cm³/mol. The first kappa shape index (κ1) is 17.5. The molecular weight excluding hydrogens is 338 g/mol. The molecule has 0 spiro atoms. The van der Waals surface area contributed by atoms with E-state index in [2.05, 4.69) is 25.3 Å². The lowest BCUT2D eigenvalue weighted by Gasteiger charge is -2.13. The van der Waals surface area contributed by atoms with Crippen LogP contribution in [-0.2, 0) is 20.9 Å². The van der Waals surface area contributed by atoms with Crippen molar-refractivity contribution in [2.24, 2.45) is 0 Å². The highest BCUT2D eigenvalue weighted by Crippen LogP contribution is 2.15. The van der Waals surface area contributed by atoms with Gasteiger partial charge in [0.25, 0.3) is 5.91 Å². The van der Waals surface area contributed by atoms with Gasteiger partial charge < -0.3 is 19.8 Å². The Labute approximate surface area is 148 Å². The summed E-state index contributed by atoms with van der Waals surface area (Å²) in [6.07, 6.45) is 1.73. The summed E-state index contributed by atoms with van der Waals surface area (Å²) in [6.45, 7) is 1.94. The zero-order valence-corrected chi connectivity index (χ0v) is 14.2. The normalized spacial score (nSPS) is 11.9. The van der Waals surface area contributed by atoms with Gasteiger partial charge in [-0.1, -0.05) is 12.1 Å². The van der Waals surface area contributed by atoms with Crippen LogP contribution in [-0.4, -0.2) is 45.0 Å². The summed E-state index contributed by atoms with van der Waals surface area (Å²) in [6, 6.07) is 6.78. The van der Waals surface area contributed by atoms with E-state index in [4.69, 9.17) is 9.47 Å². The lowest BCUT2D eigenvalue weighted by atomic mass is 10.1. The molecule has 2 heterocycles. The van der Waals surface area contributed by atoms with Crippen LogP contribution >= 0.6 is 0 Å². The van der Waals surface area contributed by atoms with Crippen LogP contribution in [0.5, 0.6) is 0 Å². The molecule has 9 nitrogen and oxygen atoms in total. The molecule has 134 valence electrons. The molecule has 0 unspecified atom stereocenters. The maximum absolute atomic E-state index is 12.3. The lowest BCUT2D eigenvalue weighted by Crippen LogP contribution is -2.30. The SMILES string of the molecule is COCc1ccc(C(=O)O[C@@H](C)C(=O)Nc2ncnc3nc[nH]c23)cc1. The predicted octanol–water partition coefficient (Wildman–Crippen LogP) is 1.68. The minimum absolute atomic E-state index is 0.268. The first-order chi connectivity index (χ1) is 12.6. The van der Waals surface area contributed by atoms with Gasteiger partial charge >= 0.3 is 5.97 Å². The second-order valence-electron chi connectivity index (χ2n) is 5.49. The van der Waals surface area contributed by atoms with Crippen molar-refractivity contribution in [2.45, 2.75) is 19.6 Å². The number of carbonyl (C=O) groups excluding carboxylic acids is 2. The molecule has 0 saturated carbocycles. The summed E-state index contributed by atoms with van der Waals surface area (Å²) in [4.78, 5) is 39.3. The molecule has 2 aromatic heterocycles. The van der Waals surface area contributed by atoms with Gasteiger partial charge in [-0.3, -0.25) is 4.79 Å². The van der Waals surface area contributed by atoms with Gasteiger partial charge in [-0.25, -0.2) is 19.7 Å². The second-order valence-corrected chi connectivity index (χ2v) is 5.49. The summed E-state index contributed by atoms with van der Waals surface area (Å²) in [5, 5.41) is 2.60. The van der Waals surface area contributed by atoms with E-state index in [9.17, 15) is 9.59 Å². The number of methoxy groups -OCH3 is 1. The Bertz CT molecular complexity index is 922. The van der Waals surface area contributed by atoms with Crippen molar-refractivity contribution < 1.29 is 19.1 Å². The highest BCUT2D eigenvalue weighted by molar-refractivity contribution is 6.00. The molecule has 0 saturated heterocycles. The van der Waals surface area contributed by atoms with Gasteiger partial charge in [0.05, 0.1) is 18.5 Å². The molecule has 0 aliphatic heterocycles. The number of amides is 1. The van der Waals surface area contributed by atoms with Gasteiger partial charge in [0, 0.05) is 7.11 Å². The first-order valence-electron chi connectivity index (χ1n) is 7.82. The van der Waals surface area contributed by atoms with Crippen molar-refractivity contribution in [3.8, 4) is 0 Å². The minimum atomic E-state index is -1.01. The number of imidazole rings is 1. The number of ether oxygens (including phenoxy) is 2. The Morgan fingerprint density at radius 3 is 2.69 bits per heavy atom. The largest absolute Gasteiger partial charge is 0.449 e. The highest BCUT2D eigenvalue weighted by atomic mass is 16.5. The minimum Gasteiger partial charge on any atom is -0.449 e. The van der Waals surface area contributed by atoms with Gasteiger partial charge in [0.1, 0.15) is 11.8 Å². The number of aromatic amines is 1. The fourth-order valence-corrected chi connectivity index (χ4v) is 2.26. The summed E-state index contributed by atoms with van der Waals surface area (Å²) < 4.78 is 10.2. The van der Waals surface area contributed by atoms with Crippen LogP contribution in [0.3, 0.4) is 0 Å². The number of nitrogens with zero attached hydrogens (tertiary/aromatic N) is 3. The van der Waals surface area contributed by atoms with Crippen LogP contribution in [0.25, 0.3) is 11.2 Å². The number of rotatable bonds is 6. The van der Waals surface area contributed by atoms with Crippen LogP contribution < -0.4 is 5.32 Å². The summed E-state index contributed by atoms with van der Waals surface area (Å²) in [5.74, 6) is -0.834. The molecule has 9 heteroatoms. The molecule has 1 aromatic carbocycles. The number of hydrogen-bond donors (Lipinski definition) is 2. The molecule has 0 aliphatic rings. The second kappa shape index (κ2) is 7.70. The number of anilines is 1. The van der Waals surface area contributed by atoms with E-state index in [0.717, 1.165) is 5.56 Å². The molecule has 0 bridgehead atoms. The Hall–Kier alpha value is -3.33. The number of H-pyrrole nitrogens is 1. The molecule has 3 aromatic rings. The van der Waals surface area contributed by atoms with E-state index < -0.39 is 18.0 Å². The van der Waals surface area contributed by atoms with E-state index in [1.807, 2.05) is 0 Å². The fraction of sp³-hybridized carbons (Fsp3) is 0.235. The van der Waals surface area contributed by atoms with E-state index in [0.29, 0.717) is 23.3 Å². The van der Waals surface area contributed by atoms with Crippen molar-refractivity contribution in [3.05, 3.63) is 48.0 Å². The van der Waals surface area contributed by atoms with E-state index in [1.54, 1.807) is 31.4 Å². The number of esters is 1. The van der Waals surface area contributed by atoms with Crippen molar-refractivity contribution in [3.63, 3.8) is 0 Å². The van der Waals surface area contributed by atoms with Gasteiger partial charge in [0.2, 0.25) is 0 Å². The summed E-state index contributed by atoms with van der Waals surface area (Å²) in [5.41, 5.74) is 2.20. The van der Waals surface area contributed by atoms with Crippen LogP contribution in [0, 0.1) is 0 Å². The number of carbonyl (C=O) groups is 2. The van der Waals surface area contributed by atoms with Crippen molar-refractivity contribution >= 4 is 28.9 Å². The molecule has 26 heavy (non-hydrogen) atoms. The number of aromatic nitrogens is 4. The van der Waals surface area contributed by atoms with Crippen LogP contribution in [0.4, 0.5) is 5.82 Å². The standard InChI is InChI=1S/C17H17N5O4/c1-10(26-17(24)12-5-3-11(4-6-12)7-25-2)16(23)22-15-13-14(19-8-18-13)20-9-21-15/h3-6,8-10H,7H2,1-2H3,(H2,18,19,20,21,22,23)/t10-/m0/s1. The lowest BCUT2D eigenvalue weighted by molar-refractivity contribution is -0.123. The number of hydrogen-bond acceptors (Lipinski definition) is 7. The zero-order valence-electron chi connectivity index (χ0n) is 14.2. The van der Waals surface area contributed by atoms with Gasteiger partial charge in [0.15, 0.2) is 17.6 Å². The van der Waals surface area contributed by atoms with Crippen LogP contribution in [0.2, 0.25) is 0 Å². The smallest absolute Gasteiger partial charge is 0.338 e. The van der Waals surface area contributed by atoms with Crippen LogP contribution in [0.1, 0.15) is 22.8 Å². The van der Waals surface area contributed by atoms with Crippen LogP contribution in [0.15, 0.2) is 36.9 Å². The van der Waals surface area contributed by atoms with E-state index >= 15 is 0 Å². The topological polar surface area (TPSA) is 119 Å². The summed E-state index contributed by atoms with van der Waals surface area (Å²) >= 11 is 0. The third-order valence-corrected chi connectivity index (χ3v) is 3.62. The first-order valence-corrected chi connectivity index (χ1v) is 7.82. The maximum atomic E-state index is 12.3. The quantitative estimate of drug-likeness (QED) is 0.646. The molecule has 0 radical (unpaired) electrons. The van der Waals surface area contributed by atoms with Crippen molar-refractivity contribution in [2.75, 3.05) is 12.4 Å². The highest BCUT2D eigenvalue weighted by Gasteiger charge is 2.20. The average Bonchev–Trinajstić information content (AvgIpc) is 3.12.